The molecule has 1 aromatic rings. The second-order valence-electron chi connectivity index (χ2n) is 1.51. The van der Waals surface area contributed by atoms with E-state index in [-0.39, 0.29) is 0 Å². The molecule has 1 aromatic heterocycles. The molecule has 0 bridgehead atoms. The lowest BCUT2D eigenvalue weighted by Crippen LogP contribution is -1.91. The smallest absolute Gasteiger partial charge is 0.0954 e. The predicted octanol–water partition coefficient (Wildman–Crippen LogP) is 1.61. The van der Waals surface area contributed by atoms with Gasteiger partial charge in [0.25, 0.3) is 0 Å². The zero-order chi connectivity index (χ0) is 7.40. The third-order valence-corrected chi connectivity index (χ3v) is 1.34. The molecule has 6 heteroatoms. The highest BCUT2D eigenvalue weighted by atomic mass is 35.5. The molecular weight excluding hydrogens is 175 g/mol. The molecule has 0 amide bonds. The van der Waals surface area contributed by atoms with E-state index >= 15 is 0 Å². The van der Waals surface area contributed by atoms with Crippen LogP contribution < -0.4 is 9.67 Å². The molecular formula is C4H4Cl2N4. The maximum absolute atomic E-state index is 5.29. The number of nitrogens with one attached hydrogen (secondary N) is 2. The van der Waals surface area contributed by atoms with Gasteiger partial charge in [-0.3, -0.25) is 9.67 Å². The van der Waals surface area contributed by atoms with Gasteiger partial charge in [-0.2, -0.15) is 10.2 Å². The number of halogens is 2. The van der Waals surface area contributed by atoms with Crippen molar-refractivity contribution in [3.8, 4) is 0 Å². The topological polar surface area (TPSA) is 49.8 Å². The minimum absolute atomic E-state index is 0.590. The first kappa shape index (κ1) is 7.37. The quantitative estimate of drug-likeness (QED) is 0.677. The molecule has 54 valence electrons. The summed E-state index contributed by atoms with van der Waals surface area (Å²) in [6, 6.07) is 0. The molecule has 0 saturated heterocycles. The largest absolute Gasteiger partial charge is 0.295 e. The van der Waals surface area contributed by atoms with Crippen LogP contribution >= 0.6 is 23.6 Å². The van der Waals surface area contributed by atoms with Gasteiger partial charge in [-0.05, 0) is 0 Å². The van der Waals surface area contributed by atoms with Gasteiger partial charge in [0.15, 0.2) is 0 Å². The Morgan fingerprint density at radius 2 is 1.40 bits per heavy atom. The summed E-state index contributed by atoms with van der Waals surface area (Å²) < 4.78 is 0. The van der Waals surface area contributed by atoms with Gasteiger partial charge >= 0.3 is 0 Å². The van der Waals surface area contributed by atoms with Crippen LogP contribution in [0, 0.1) is 0 Å². The molecule has 0 fully saturated rings. The van der Waals surface area contributed by atoms with Crippen molar-refractivity contribution in [3.63, 3.8) is 0 Å². The second-order valence-corrected chi connectivity index (χ2v) is 1.88. The number of anilines is 2. The van der Waals surface area contributed by atoms with Gasteiger partial charge in [0, 0.05) is 23.6 Å². The number of rotatable bonds is 2. The van der Waals surface area contributed by atoms with E-state index in [1.54, 1.807) is 0 Å². The molecule has 1 heterocycles. The average Bonchev–Trinajstić information content (AvgIpc) is 2.04. The molecule has 1 rings (SSSR count). The van der Waals surface area contributed by atoms with Crippen molar-refractivity contribution in [2.24, 2.45) is 0 Å². The zero-order valence-corrected chi connectivity index (χ0v) is 6.32. The number of hydrogen-bond acceptors (Lipinski definition) is 4. The normalized spacial score (nSPS) is 9.00. The van der Waals surface area contributed by atoms with Crippen molar-refractivity contribution in [1.82, 2.24) is 10.2 Å². The highest BCUT2D eigenvalue weighted by Gasteiger charge is 1.97. The van der Waals surface area contributed by atoms with Crippen LogP contribution in [-0.4, -0.2) is 10.2 Å². The Morgan fingerprint density at radius 3 is 1.70 bits per heavy atom. The molecule has 0 aliphatic carbocycles. The van der Waals surface area contributed by atoms with Crippen LogP contribution in [0.1, 0.15) is 0 Å². The van der Waals surface area contributed by atoms with Gasteiger partial charge in [0.05, 0.1) is 23.8 Å². The zero-order valence-electron chi connectivity index (χ0n) is 4.81. The van der Waals surface area contributed by atoms with Crippen molar-refractivity contribution >= 4 is 34.9 Å². The van der Waals surface area contributed by atoms with Gasteiger partial charge < -0.3 is 0 Å². The van der Waals surface area contributed by atoms with Crippen LogP contribution in [0.15, 0.2) is 12.4 Å². The van der Waals surface area contributed by atoms with E-state index < -0.39 is 0 Å². The van der Waals surface area contributed by atoms with Gasteiger partial charge in [-0.25, -0.2) is 0 Å². The first-order valence-electron chi connectivity index (χ1n) is 2.42. The Morgan fingerprint density at radius 1 is 1.00 bits per heavy atom. The lowest BCUT2D eigenvalue weighted by molar-refractivity contribution is 1.04. The van der Waals surface area contributed by atoms with Crippen LogP contribution in [0.25, 0.3) is 0 Å². The van der Waals surface area contributed by atoms with Crippen LogP contribution in [0.3, 0.4) is 0 Å². The maximum atomic E-state index is 5.29. The summed E-state index contributed by atoms with van der Waals surface area (Å²) >= 11 is 10.6. The molecule has 0 atom stereocenters. The van der Waals surface area contributed by atoms with Crippen LogP contribution in [-0.2, 0) is 0 Å². The minimum atomic E-state index is 0.590. The van der Waals surface area contributed by atoms with Gasteiger partial charge in [-0.15, -0.1) is 0 Å². The highest BCUT2D eigenvalue weighted by Crippen LogP contribution is 2.19. The summed E-state index contributed by atoms with van der Waals surface area (Å²) in [5.74, 6) is 0. The van der Waals surface area contributed by atoms with E-state index in [9.17, 15) is 0 Å². The molecule has 0 aromatic carbocycles. The van der Waals surface area contributed by atoms with E-state index in [0.717, 1.165) is 0 Å². The standard InChI is InChI=1S/C4H4Cl2N4/c5-9-3-1-7-8-2-4(3)10-6/h1-2H,(H,7,10)(H,8,9). The molecule has 0 unspecified atom stereocenters. The summed E-state index contributed by atoms with van der Waals surface area (Å²) in [5.41, 5.74) is 1.18. The van der Waals surface area contributed by atoms with Crippen LogP contribution in [0.2, 0.25) is 0 Å². The fourth-order valence-corrected chi connectivity index (χ4v) is 0.773. The summed E-state index contributed by atoms with van der Waals surface area (Å²) in [7, 11) is 0. The summed E-state index contributed by atoms with van der Waals surface area (Å²) in [5, 5.41) is 7.14. The van der Waals surface area contributed by atoms with Crippen LogP contribution in [0.4, 0.5) is 11.4 Å². The molecule has 2 N–H and O–H groups in total. The fourth-order valence-electron chi connectivity index (χ4n) is 0.472. The maximum Gasteiger partial charge on any atom is 0.0954 e. The molecule has 0 aliphatic heterocycles. The van der Waals surface area contributed by atoms with Gasteiger partial charge in [0.2, 0.25) is 0 Å². The van der Waals surface area contributed by atoms with Gasteiger partial charge in [-0.1, -0.05) is 0 Å². The number of nitrogens with zero attached hydrogens (tertiary/aromatic N) is 2. The van der Waals surface area contributed by atoms with Crippen LogP contribution in [0.5, 0.6) is 0 Å². The van der Waals surface area contributed by atoms with Gasteiger partial charge in [0.1, 0.15) is 0 Å². The van der Waals surface area contributed by atoms with Crippen molar-refractivity contribution in [3.05, 3.63) is 12.4 Å². The summed E-state index contributed by atoms with van der Waals surface area (Å²) in [4.78, 5) is 4.74. The van der Waals surface area contributed by atoms with Crippen molar-refractivity contribution in [2.75, 3.05) is 9.67 Å². The predicted molar refractivity (Wildman–Crippen MR) is 41.0 cm³/mol. The Balaban J connectivity index is 2.96. The van der Waals surface area contributed by atoms with Crippen molar-refractivity contribution < 1.29 is 0 Å². The molecule has 0 spiro atoms. The first-order chi connectivity index (χ1) is 4.88. The SMILES string of the molecule is ClNc1cnncc1NCl. The first-order valence-corrected chi connectivity index (χ1v) is 3.18. The molecule has 0 saturated carbocycles. The fraction of sp³-hybridized carbons (Fsp3) is 0. The molecule has 0 aliphatic rings. The van der Waals surface area contributed by atoms with E-state index in [2.05, 4.69) is 19.9 Å². The Hall–Kier alpha value is -0.740. The molecule has 4 nitrogen and oxygen atoms in total. The number of aromatic nitrogens is 2. The van der Waals surface area contributed by atoms with E-state index in [1.807, 2.05) is 0 Å². The third kappa shape index (κ3) is 1.40. The van der Waals surface area contributed by atoms with Crippen molar-refractivity contribution in [1.29, 1.82) is 0 Å². The summed E-state index contributed by atoms with van der Waals surface area (Å²) in [6.07, 6.45) is 2.91. The lowest BCUT2D eigenvalue weighted by Gasteiger charge is -2.01. The minimum Gasteiger partial charge on any atom is -0.295 e. The molecule has 0 radical (unpaired) electrons. The van der Waals surface area contributed by atoms with E-state index in [1.165, 1.54) is 12.4 Å². The Kier molecular flexibility index (Phi) is 2.53. The third-order valence-electron chi connectivity index (χ3n) is 0.934. The number of hydrogen-bond donors (Lipinski definition) is 2. The van der Waals surface area contributed by atoms with Crippen molar-refractivity contribution in [2.45, 2.75) is 0 Å². The average molecular weight is 179 g/mol. The highest BCUT2D eigenvalue weighted by molar-refractivity contribution is 6.27. The Labute approximate surface area is 67.8 Å². The van der Waals surface area contributed by atoms with E-state index in [0.29, 0.717) is 11.4 Å². The van der Waals surface area contributed by atoms with E-state index in [4.69, 9.17) is 23.6 Å². The lowest BCUT2D eigenvalue weighted by atomic mass is 10.4. The summed E-state index contributed by atoms with van der Waals surface area (Å²) in [6.45, 7) is 0. The second kappa shape index (κ2) is 3.43. The Bertz CT molecular complexity index is 193. The molecule has 10 heavy (non-hydrogen) atoms. The monoisotopic (exact) mass is 178 g/mol.